The molecule has 0 aliphatic rings. The first-order valence-corrected chi connectivity index (χ1v) is 4.02. The van der Waals surface area contributed by atoms with E-state index in [1.807, 2.05) is 12.1 Å². The number of carbonyl (C=O) groups excluding carboxylic acids is 1. The van der Waals surface area contributed by atoms with E-state index in [0.29, 0.717) is 10.9 Å². The normalized spacial score (nSPS) is 8.45. The number of alkyl halides is 1. The Hall–Kier alpha value is 0.0583. The fraction of sp³-hybridized carbons (Fsp3) is 0.125. The van der Waals surface area contributed by atoms with Gasteiger partial charge in [0.25, 0.3) is 0 Å². The summed E-state index contributed by atoms with van der Waals surface area (Å²) in [7, 11) is 0. The van der Waals surface area contributed by atoms with Crippen LogP contribution in [0, 0.1) is 6.07 Å². The molecule has 0 aliphatic heterocycles. The topological polar surface area (TPSA) is 17.1 Å². The predicted octanol–water partition coefficient (Wildman–Crippen LogP) is 2.06. The van der Waals surface area contributed by atoms with Gasteiger partial charge in [-0.1, -0.05) is 15.9 Å². The minimum atomic E-state index is 0. The first-order chi connectivity index (χ1) is 4.84. The Balaban J connectivity index is 0.000001000. The zero-order valence-electron chi connectivity index (χ0n) is 5.71. The van der Waals surface area contributed by atoms with E-state index in [-0.39, 0.29) is 26.8 Å². The number of ketones is 1. The van der Waals surface area contributed by atoms with Gasteiger partial charge in [0.2, 0.25) is 0 Å². The van der Waals surface area contributed by atoms with Crippen molar-refractivity contribution < 1.29 is 25.9 Å². The van der Waals surface area contributed by atoms with Crippen LogP contribution >= 0.6 is 15.9 Å². The van der Waals surface area contributed by atoms with Gasteiger partial charge in [-0.3, -0.25) is 0 Å². The zero-order valence-corrected chi connectivity index (χ0v) is 10.2. The van der Waals surface area contributed by atoms with E-state index in [2.05, 4.69) is 22.0 Å². The Morgan fingerprint density at radius 3 is 2.73 bits per heavy atom. The largest absolute Gasteiger partial charge is 0.351 e. The summed E-state index contributed by atoms with van der Waals surface area (Å²) in [5, 5.41) is 0.369. The zero-order chi connectivity index (χ0) is 7.40. The van der Waals surface area contributed by atoms with Crippen molar-refractivity contribution in [1.82, 2.24) is 0 Å². The molecule has 0 bridgehead atoms. The Bertz CT molecular complexity index is 223. The third-order valence-corrected chi connectivity index (χ3v) is 1.64. The van der Waals surface area contributed by atoms with Crippen LogP contribution in [-0.4, -0.2) is 11.1 Å². The third-order valence-electron chi connectivity index (χ3n) is 1.13. The molecule has 0 radical (unpaired) electrons. The van der Waals surface area contributed by atoms with E-state index < -0.39 is 0 Å². The molecule has 1 aromatic rings. The van der Waals surface area contributed by atoms with Crippen molar-refractivity contribution in [3.63, 3.8) is 0 Å². The van der Waals surface area contributed by atoms with Crippen LogP contribution in [0.25, 0.3) is 0 Å². The van der Waals surface area contributed by atoms with Gasteiger partial charge in [0.05, 0.1) is 5.78 Å². The van der Waals surface area contributed by atoms with Gasteiger partial charge in [-0.15, -0.1) is 35.9 Å². The summed E-state index contributed by atoms with van der Waals surface area (Å²) in [5.41, 5.74) is 0.638. The van der Waals surface area contributed by atoms with Gasteiger partial charge in [-0.2, -0.15) is 0 Å². The molecule has 0 heterocycles. The predicted molar refractivity (Wildman–Crippen MR) is 43.4 cm³/mol. The van der Waals surface area contributed by atoms with Gasteiger partial charge in [-0.05, 0) is 0 Å². The molecule has 0 N–H and O–H groups in total. The van der Waals surface area contributed by atoms with Crippen molar-refractivity contribution in [3.05, 3.63) is 35.9 Å². The summed E-state index contributed by atoms with van der Waals surface area (Å²) in [5.74, 6) is 0.0700. The number of hydrogen-bond acceptors (Lipinski definition) is 1. The molecule has 0 amide bonds. The average molecular weight is 382 g/mol. The van der Waals surface area contributed by atoms with Crippen LogP contribution in [0.5, 0.6) is 0 Å². The second-order valence-corrected chi connectivity index (χ2v) is 2.39. The van der Waals surface area contributed by atoms with Gasteiger partial charge in [0.15, 0.2) is 0 Å². The molecule has 11 heavy (non-hydrogen) atoms. The molecule has 0 fully saturated rings. The first kappa shape index (κ1) is 11.1. The van der Waals surface area contributed by atoms with Crippen LogP contribution in [-0.2, 0) is 21.1 Å². The Morgan fingerprint density at radius 2 is 2.27 bits per heavy atom. The third kappa shape index (κ3) is 3.30. The minimum Gasteiger partial charge on any atom is -0.351 e. The van der Waals surface area contributed by atoms with Crippen LogP contribution < -0.4 is 0 Å². The molecule has 1 aromatic carbocycles. The van der Waals surface area contributed by atoms with Gasteiger partial charge in [0, 0.05) is 26.4 Å². The van der Waals surface area contributed by atoms with Gasteiger partial charge in [-0.25, -0.2) is 0 Å². The van der Waals surface area contributed by atoms with Crippen molar-refractivity contribution in [2.45, 2.75) is 0 Å². The molecular formula is C8H6BrOW-. The summed E-state index contributed by atoms with van der Waals surface area (Å²) in [6.45, 7) is 0. The van der Waals surface area contributed by atoms with Crippen molar-refractivity contribution in [2.24, 2.45) is 0 Å². The number of halogens is 1. The molecule has 0 saturated carbocycles. The van der Waals surface area contributed by atoms with Crippen molar-refractivity contribution in [2.75, 3.05) is 5.33 Å². The van der Waals surface area contributed by atoms with E-state index in [1.54, 1.807) is 12.1 Å². The smallest absolute Gasteiger partial charge is 0.0890 e. The van der Waals surface area contributed by atoms with Crippen LogP contribution in [0.3, 0.4) is 0 Å². The standard InChI is InChI=1S/C8H6BrO.W/c9-6-8(10)7-4-2-1-3-5-7;/h1-4H,6H2;/q-1;. The summed E-state index contributed by atoms with van der Waals surface area (Å²) < 4.78 is 0. The monoisotopic (exact) mass is 381 g/mol. The maximum Gasteiger partial charge on any atom is 0.0890 e. The van der Waals surface area contributed by atoms with Crippen LogP contribution in [0.15, 0.2) is 24.3 Å². The Kier molecular flexibility index (Phi) is 5.71. The molecule has 0 spiro atoms. The number of Topliss-reactive ketones (excluding diaryl/α,β-unsaturated/α-hetero) is 1. The fourth-order valence-corrected chi connectivity index (χ4v) is 0.941. The van der Waals surface area contributed by atoms with Gasteiger partial charge >= 0.3 is 0 Å². The van der Waals surface area contributed by atoms with Crippen LogP contribution in [0.2, 0.25) is 0 Å². The van der Waals surface area contributed by atoms with Crippen LogP contribution in [0.4, 0.5) is 0 Å². The van der Waals surface area contributed by atoms with Crippen molar-refractivity contribution >= 4 is 21.7 Å². The maximum absolute atomic E-state index is 10.9. The van der Waals surface area contributed by atoms with Gasteiger partial charge in [0.1, 0.15) is 0 Å². The molecule has 0 saturated heterocycles. The van der Waals surface area contributed by atoms with E-state index in [0.717, 1.165) is 0 Å². The van der Waals surface area contributed by atoms with E-state index >= 15 is 0 Å². The molecule has 1 nitrogen and oxygen atoms in total. The number of rotatable bonds is 2. The minimum absolute atomic E-state index is 0. The van der Waals surface area contributed by atoms with Crippen molar-refractivity contribution in [3.8, 4) is 0 Å². The van der Waals surface area contributed by atoms with Gasteiger partial charge < -0.3 is 4.79 Å². The first-order valence-electron chi connectivity index (χ1n) is 2.90. The molecule has 0 aromatic heterocycles. The summed E-state index contributed by atoms with van der Waals surface area (Å²) >= 11 is 3.08. The Morgan fingerprint density at radius 1 is 1.55 bits per heavy atom. The maximum atomic E-state index is 10.9. The van der Waals surface area contributed by atoms with E-state index in [4.69, 9.17) is 0 Å². The number of benzene rings is 1. The molecule has 0 atom stereocenters. The molecular weight excluding hydrogens is 376 g/mol. The molecule has 0 aliphatic carbocycles. The van der Waals surface area contributed by atoms with Crippen molar-refractivity contribution in [1.29, 1.82) is 0 Å². The second-order valence-electron chi connectivity index (χ2n) is 1.83. The number of carbonyl (C=O) groups is 1. The van der Waals surface area contributed by atoms with E-state index in [9.17, 15) is 4.79 Å². The summed E-state index contributed by atoms with van der Waals surface area (Å²) in [4.78, 5) is 10.9. The van der Waals surface area contributed by atoms with Crippen LogP contribution in [0.1, 0.15) is 10.4 Å². The fourth-order valence-electron chi connectivity index (χ4n) is 0.639. The molecule has 0 unspecified atom stereocenters. The summed E-state index contributed by atoms with van der Waals surface area (Å²) in [6, 6.07) is 9.99. The quantitative estimate of drug-likeness (QED) is 0.435. The second kappa shape index (κ2) is 5.68. The number of hydrogen-bond donors (Lipinski definition) is 0. The SMILES string of the molecule is O=C(CBr)c1[c-]cccc1.[W]. The molecule has 58 valence electrons. The molecule has 3 heteroatoms. The Labute approximate surface area is 88.6 Å². The van der Waals surface area contributed by atoms with E-state index in [1.165, 1.54) is 0 Å². The summed E-state index contributed by atoms with van der Waals surface area (Å²) in [6.07, 6.45) is 0. The molecule has 1 rings (SSSR count). The average Bonchev–Trinajstić information content (AvgIpc) is 2.05.